The molecule has 2 amide bonds. The number of nitrogens with one attached hydrogen (secondary N) is 2. The molecule has 0 aromatic heterocycles. The summed E-state index contributed by atoms with van der Waals surface area (Å²) in [6, 6.07) is 14.2. The van der Waals surface area contributed by atoms with Gasteiger partial charge in [0.25, 0.3) is 0 Å². The molecule has 5 heteroatoms. The van der Waals surface area contributed by atoms with Crippen LogP contribution in [0.25, 0.3) is 0 Å². The van der Waals surface area contributed by atoms with E-state index < -0.39 is 0 Å². The van der Waals surface area contributed by atoms with Crippen LogP contribution in [0.5, 0.6) is 5.75 Å². The van der Waals surface area contributed by atoms with Gasteiger partial charge < -0.3 is 15.4 Å². The second kappa shape index (κ2) is 10.3. The maximum atomic E-state index is 11.8. The summed E-state index contributed by atoms with van der Waals surface area (Å²) >= 11 is 5.89. The quantitative estimate of drug-likeness (QED) is 0.582. The lowest BCUT2D eigenvalue weighted by atomic mass is 10.2. The minimum atomic E-state index is -0.306. The van der Waals surface area contributed by atoms with Crippen LogP contribution in [0.3, 0.4) is 0 Å². The van der Waals surface area contributed by atoms with Gasteiger partial charge in [-0.05, 0) is 48.9 Å². The molecule has 0 heterocycles. The number of halogens is 1. The lowest BCUT2D eigenvalue weighted by Crippen LogP contribution is -2.28. The highest BCUT2D eigenvalue weighted by Crippen LogP contribution is 2.16. The van der Waals surface area contributed by atoms with Gasteiger partial charge >= 0.3 is 6.03 Å². The number of hydrogen-bond acceptors (Lipinski definition) is 2. The van der Waals surface area contributed by atoms with Gasteiger partial charge in [0.2, 0.25) is 0 Å². The van der Waals surface area contributed by atoms with Gasteiger partial charge in [0.15, 0.2) is 0 Å². The molecule has 0 bridgehead atoms. The van der Waals surface area contributed by atoms with Crippen LogP contribution in [0, 0.1) is 11.8 Å². The molecule has 0 aliphatic rings. The number of anilines is 1. The number of urea groups is 1. The summed E-state index contributed by atoms with van der Waals surface area (Å²) in [5.41, 5.74) is 1.51. The molecule has 0 saturated carbocycles. The second-order valence-corrected chi connectivity index (χ2v) is 5.78. The number of amides is 2. The molecule has 2 N–H and O–H groups in total. The van der Waals surface area contributed by atoms with Crippen molar-refractivity contribution in [1.82, 2.24) is 5.32 Å². The van der Waals surface area contributed by atoms with Crippen molar-refractivity contribution in [3.05, 3.63) is 59.1 Å². The summed E-state index contributed by atoms with van der Waals surface area (Å²) in [6.07, 6.45) is 2.12. The Morgan fingerprint density at radius 2 is 2.00 bits per heavy atom. The zero-order valence-corrected chi connectivity index (χ0v) is 14.9. The van der Waals surface area contributed by atoms with E-state index in [1.165, 1.54) is 0 Å². The van der Waals surface area contributed by atoms with E-state index in [-0.39, 0.29) is 12.6 Å². The Morgan fingerprint density at radius 1 is 1.20 bits per heavy atom. The zero-order valence-electron chi connectivity index (χ0n) is 14.1. The van der Waals surface area contributed by atoms with E-state index in [2.05, 4.69) is 29.4 Å². The molecule has 0 saturated heterocycles. The van der Waals surface area contributed by atoms with Crippen molar-refractivity contribution in [3.8, 4) is 17.6 Å². The average molecular weight is 357 g/mol. The highest BCUT2D eigenvalue weighted by molar-refractivity contribution is 6.30. The van der Waals surface area contributed by atoms with Gasteiger partial charge in [-0.2, -0.15) is 0 Å². The van der Waals surface area contributed by atoms with Gasteiger partial charge in [0, 0.05) is 16.3 Å². The fraction of sp³-hybridized carbons (Fsp3) is 0.250. The van der Waals surface area contributed by atoms with Crippen molar-refractivity contribution < 1.29 is 9.53 Å². The van der Waals surface area contributed by atoms with E-state index >= 15 is 0 Å². The summed E-state index contributed by atoms with van der Waals surface area (Å²) in [7, 11) is 0. The normalized spacial score (nSPS) is 9.68. The lowest BCUT2D eigenvalue weighted by molar-refractivity contribution is 0.253. The van der Waals surface area contributed by atoms with Crippen LogP contribution in [0.2, 0.25) is 5.02 Å². The van der Waals surface area contributed by atoms with Crippen molar-refractivity contribution in [1.29, 1.82) is 0 Å². The van der Waals surface area contributed by atoms with Gasteiger partial charge in [-0.3, -0.25) is 0 Å². The van der Waals surface area contributed by atoms with Gasteiger partial charge in [0.05, 0.1) is 13.2 Å². The number of carbonyl (C=O) groups excluding carboxylic acids is 1. The Kier molecular flexibility index (Phi) is 7.68. The van der Waals surface area contributed by atoms with Crippen LogP contribution in [0.1, 0.15) is 25.3 Å². The Balaban J connectivity index is 1.75. The first-order chi connectivity index (χ1) is 12.2. The fourth-order valence-electron chi connectivity index (χ4n) is 1.98. The third kappa shape index (κ3) is 7.19. The molecule has 0 fully saturated rings. The molecule has 4 nitrogen and oxygen atoms in total. The lowest BCUT2D eigenvalue weighted by Gasteiger charge is -2.08. The van der Waals surface area contributed by atoms with E-state index in [1.54, 1.807) is 24.3 Å². The maximum Gasteiger partial charge on any atom is 0.319 e. The number of unbranched alkanes of at least 4 members (excludes halogenated alkanes) is 1. The van der Waals surface area contributed by atoms with Crippen LogP contribution in [-0.4, -0.2) is 19.2 Å². The van der Waals surface area contributed by atoms with Gasteiger partial charge in [-0.1, -0.05) is 42.9 Å². The minimum absolute atomic E-state index is 0.247. The molecule has 2 aromatic rings. The van der Waals surface area contributed by atoms with Crippen LogP contribution >= 0.6 is 11.6 Å². The molecule has 0 atom stereocenters. The van der Waals surface area contributed by atoms with Crippen LogP contribution in [0.4, 0.5) is 10.5 Å². The van der Waals surface area contributed by atoms with Crippen molar-refractivity contribution in [2.24, 2.45) is 0 Å². The molecule has 130 valence electrons. The summed E-state index contributed by atoms with van der Waals surface area (Å²) in [6.45, 7) is 3.07. The summed E-state index contributed by atoms with van der Waals surface area (Å²) in [4.78, 5) is 11.8. The summed E-state index contributed by atoms with van der Waals surface area (Å²) in [5.74, 6) is 6.62. The van der Waals surface area contributed by atoms with Crippen molar-refractivity contribution in [3.63, 3.8) is 0 Å². The molecule has 2 aromatic carbocycles. The standard InChI is InChI=1S/C20H21ClN2O2/c1-2-3-14-25-19-11-9-18(10-12-19)23-20(24)22-13-5-7-16-6-4-8-17(21)15-16/h4,6,8-12,15H,2-3,13-14H2,1H3,(H2,22,23,24). The smallest absolute Gasteiger partial charge is 0.319 e. The van der Waals surface area contributed by atoms with Gasteiger partial charge in [-0.15, -0.1) is 0 Å². The Bertz CT molecular complexity index is 748. The number of benzene rings is 2. The molecule has 0 unspecified atom stereocenters. The second-order valence-electron chi connectivity index (χ2n) is 5.35. The highest BCUT2D eigenvalue weighted by Gasteiger charge is 2.00. The zero-order chi connectivity index (χ0) is 17.9. The molecular formula is C20H21ClN2O2. The van der Waals surface area contributed by atoms with E-state index in [0.29, 0.717) is 17.3 Å². The number of ether oxygens (including phenoxy) is 1. The van der Waals surface area contributed by atoms with Crippen molar-refractivity contribution in [2.45, 2.75) is 19.8 Å². The van der Waals surface area contributed by atoms with Gasteiger partial charge in [0.1, 0.15) is 5.75 Å². The molecule has 0 aliphatic carbocycles. The molecular weight excluding hydrogens is 336 g/mol. The summed E-state index contributed by atoms with van der Waals surface area (Å²) < 4.78 is 5.58. The number of carbonyl (C=O) groups is 1. The molecule has 2 rings (SSSR count). The first-order valence-corrected chi connectivity index (χ1v) is 8.57. The van der Waals surface area contributed by atoms with Crippen molar-refractivity contribution >= 4 is 23.3 Å². The summed E-state index contributed by atoms with van der Waals surface area (Å²) in [5, 5.41) is 6.07. The van der Waals surface area contributed by atoms with Gasteiger partial charge in [-0.25, -0.2) is 4.79 Å². The van der Waals surface area contributed by atoms with Crippen molar-refractivity contribution in [2.75, 3.05) is 18.5 Å². The van der Waals surface area contributed by atoms with Crippen LogP contribution in [0.15, 0.2) is 48.5 Å². The predicted octanol–water partition coefficient (Wildman–Crippen LogP) is 4.69. The SMILES string of the molecule is CCCCOc1ccc(NC(=O)NCC#Cc2cccc(Cl)c2)cc1. The molecule has 25 heavy (non-hydrogen) atoms. The predicted molar refractivity (Wildman–Crippen MR) is 102 cm³/mol. The third-order valence-electron chi connectivity index (χ3n) is 3.27. The molecule has 0 aliphatic heterocycles. The van der Waals surface area contributed by atoms with E-state index in [9.17, 15) is 4.79 Å². The largest absolute Gasteiger partial charge is 0.494 e. The third-order valence-corrected chi connectivity index (χ3v) is 3.51. The molecule has 0 radical (unpaired) electrons. The minimum Gasteiger partial charge on any atom is -0.494 e. The Hall–Kier alpha value is -2.64. The number of rotatable bonds is 6. The monoisotopic (exact) mass is 356 g/mol. The van der Waals surface area contributed by atoms with E-state index in [4.69, 9.17) is 16.3 Å². The maximum absolute atomic E-state index is 11.8. The fourth-order valence-corrected chi connectivity index (χ4v) is 2.17. The number of hydrogen-bond donors (Lipinski definition) is 2. The first-order valence-electron chi connectivity index (χ1n) is 8.19. The van der Waals surface area contributed by atoms with Crippen LogP contribution in [-0.2, 0) is 0 Å². The van der Waals surface area contributed by atoms with E-state index in [0.717, 1.165) is 24.2 Å². The van der Waals surface area contributed by atoms with E-state index in [1.807, 2.05) is 24.3 Å². The Morgan fingerprint density at radius 3 is 2.72 bits per heavy atom. The highest BCUT2D eigenvalue weighted by atomic mass is 35.5. The molecule has 0 spiro atoms. The topological polar surface area (TPSA) is 50.4 Å². The Labute approximate surface area is 153 Å². The average Bonchev–Trinajstić information content (AvgIpc) is 2.61. The van der Waals surface area contributed by atoms with Crippen LogP contribution < -0.4 is 15.4 Å². The first kappa shape index (κ1) is 18.7.